The first kappa shape index (κ1) is 15.8. The summed E-state index contributed by atoms with van der Waals surface area (Å²) in [6, 6.07) is 7.97. The summed E-state index contributed by atoms with van der Waals surface area (Å²) in [6.07, 6.45) is 4.08. The van der Waals surface area contributed by atoms with Crippen LogP contribution in [0.5, 0.6) is 5.75 Å². The molecule has 0 heterocycles. The third-order valence-corrected chi connectivity index (χ3v) is 4.19. The van der Waals surface area contributed by atoms with Crippen LogP contribution in [0, 0.1) is 5.92 Å². The van der Waals surface area contributed by atoms with Crippen molar-refractivity contribution < 1.29 is 14.3 Å². The minimum atomic E-state index is -0.614. The zero-order valence-corrected chi connectivity index (χ0v) is 13.1. The molecular weight excluding hydrogens is 266 g/mol. The van der Waals surface area contributed by atoms with Crippen LogP contribution in [-0.4, -0.2) is 32.3 Å². The molecule has 1 unspecified atom stereocenters. The first-order valence-corrected chi connectivity index (χ1v) is 7.54. The van der Waals surface area contributed by atoms with E-state index in [1.54, 1.807) is 7.11 Å². The number of ether oxygens (including phenoxy) is 2. The number of aryl methyl sites for hydroxylation is 1. The van der Waals surface area contributed by atoms with Crippen molar-refractivity contribution in [2.45, 2.75) is 38.1 Å². The molecule has 4 nitrogen and oxygen atoms in total. The Morgan fingerprint density at radius 1 is 1.29 bits per heavy atom. The molecule has 1 aromatic rings. The average Bonchev–Trinajstić information content (AvgIpc) is 3.35. The Morgan fingerprint density at radius 2 is 1.95 bits per heavy atom. The number of hydrogen-bond acceptors (Lipinski definition) is 4. The molecular formula is C17H25NO3. The van der Waals surface area contributed by atoms with Gasteiger partial charge in [0.05, 0.1) is 14.2 Å². The van der Waals surface area contributed by atoms with Crippen LogP contribution < -0.4 is 10.1 Å². The lowest BCUT2D eigenvalue weighted by Gasteiger charge is -2.28. The van der Waals surface area contributed by atoms with Crippen LogP contribution >= 0.6 is 0 Å². The summed E-state index contributed by atoms with van der Waals surface area (Å²) in [6.45, 7) is 2.83. The van der Waals surface area contributed by atoms with E-state index in [1.165, 1.54) is 25.5 Å². The van der Waals surface area contributed by atoms with Crippen LogP contribution in [-0.2, 0) is 16.0 Å². The van der Waals surface area contributed by atoms with E-state index < -0.39 is 5.54 Å². The van der Waals surface area contributed by atoms with Crippen LogP contribution in [0.2, 0.25) is 0 Å². The smallest absolute Gasteiger partial charge is 0.325 e. The molecule has 0 aliphatic heterocycles. The lowest BCUT2D eigenvalue weighted by atomic mass is 9.93. The second kappa shape index (κ2) is 6.94. The second-order valence-electron chi connectivity index (χ2n) is 6.00. The monoisotopic (exact) mass is 291 g/mol. The highest BCUT2D eigenvalue weighted by molar-refractivity contribution is 5.80. The van der Waals surface area contributed by atoms with Crippen molar-refractivity contribution in [3.05, 3.63) is 29.8 Å². The number of carbonyl (C=O) groups excluding carboxylic acids is 1. The lowest BCUT2D eigenvalue weighted by Crippen LogP contribution is -2.51. The van der Waals surface area contributed by atoms with Crippen molar-refractivity contribution in [2.75, 3.05) is 20.8 Å². The summed E-state index contributed by atoms with van der Waals surface area (Å²) in [5.41, 5.74) is 0.580. The Kier molecular flexibility index (Phi) is 5.23. The van der Waals surface area contributed by atoms with Gasteiger partial charge < -0.3 is 14.8 Å². The van der Waals surface area contributed by atoms with Crippen LogP contribution in [0.4, 0.5) is 0 Å². The Hall–Kier alpha value is -1.55. The van der Waals surface area contributed by atoms with E-state index in [0.717, 1.165) is 31.1 Å². The maximum Gasteiger partial charge on any atom is 0.325 e. The maximum absolute atomic E-state index is 12.1. The third kappa shape index (κ3) is 4.46. The second-order valence-corrected chi connectivity index (χ2v) is 6.00. The van der Waals surface area contributed by atoms with Crippen molar-refractivity contribution in [3.8, 4) is 5.75 Å². The van der Waals surface area contributed by atoms with Crippen LogP contribution in [0.3, 0.4) is 0 Å². The van der Waals surface area contributed by atoms with E-state index in [-0.39, 0.29) is 5.97 Å². The van der Waals surface area contributed by atoms with E-state index in [2.05, 4.69) is 5.32 Å². The topological polar surface area (TPSA) is 47.6 Å². The number of nitrogens with one attached hydrogen (secondary N) is 1. The van der Waals surface area contributed by atoms with E-state index >= 15 is 0 Å². The molecule has 4 heteroatoms. The molecule has 0 bridgehead atoms. The van der Waals surface area contributed by atoms with Crippen molar-refractivity contribution in [1.82, 2.24) is 5.32 Å². The highest BCUT2D eigenvalue weighted by Crippen LogP contribution is 2.29. The van der Waals surface area contributed by atoms with Gasteiger partial charge in [0.25, 0.3) is 0 Å². The van der Waals surface area contributed by atoms with Gasteiger partial charge in [0.2, 0.25) is 0 Å². The molecule has 1 fully saturated rings. The molecule has 0 amide bonds. The van der Waals surface area contributed by atoms with Gasteiger partial charge in [-0.2, -0.15) is 0 Å². The van der Waals surface area contributed by atoms with E-state index in [1.807, 2.05) is 31.2 Å². The number of esters is 1. The highest BCUT2D eigenvalue weighted by Gasteiger charge is 2.35. The van der Waals surface area contributed by atoms with Crippen molar-refractivity contribution in [1.29, 1.82) is 0 Å². The Balaban J connectivity index is 1.94. The molecule has 1 atom stereocenters. The Labute approximate surface area is 126 Å². The average molecular weight is 291 g/mol. The van der Waals surface area contributed by atoms with Gasteiger partial charge in [-0.1, -0.05) is 12.1 Å². The summed E-state index contributed by atoms with van der Waals surface area (Å²) < 4.78 is 10.1. The minimum absolute atomic E-state index is 0.184. The fraction of sp³-hybridized carbons (Fsp3) is 0.588. The van der Waals surface area contributed by atoms with E-state index in [4.69, 9.17) is 9.47 Å². The Bertz CT molecular complexity index is 467. The minimum Gasteiger partial charge on any atom is -0.497 e. The molecule has 1 aromatic carbocycles. The van der Waals surface area contributed by atoms with Crippen molar-refractivity contribution in [2.24, 2.45) is 5.92 Å². The fourth-order valence-electron chi connectivity index (χ4n) is 2.37. The van der Waals surface area contributed by atoms with E-state index in [9.17, 15) is 4.79 Å². The van der Waals surface area contributed by atoms with Gasteiger partial charge in [-0.3, -0.25) is 4.79 Å². The summed E-state index contributed by atoms with van der Waals surface area (Å²) in [7, 11) is 3.11. The summed E-state index contributed by atoms with van der Waals surface area (Å²) in [4.78, 5) is 12.1. The van der Waals surface area contributed by atoms with Crippen molar-refractivity contribution >= 4 is 5.97 Å². The normalized spacial score (nSPS) is 17.1. The maximum atomic E-state index is 12.1. The van der Waals surface area contributed by atoms with Gasteiger partial charge in [-0.15, -0.1) is 0 Å². The van der Waals surface area contributed by atoms with E-state index in [0.29, 0.717) is 0 Å². The molecule has 0 saturated heterocycles. The van der Waals surface area contributed by atoms with Gasteiger partial charge in [-0.25, -0.2) is 0 Å². The molecule has 1 N–H and O–H groups in total. The first-order valence-electron chi connectivity index (χ1n) is 7.54. The lowest BCUT2D eigenvalue weighted by molar-refractivity contribution is -0.148. The molecule has 2 rings (SSSR count). The predicted octanol–water partition coefficient (Wildman–Crippen LogP) is 2.56. The zero-order chi connectivity index (χ0) is 15.3. The molecule has 1 aliphatic carbocycles. The van der Waals surface area contributed by atoms with Gasteiger partial charge in [0.1, 0.15) is 11.3 Å². The van der Waals surface area contributed by atoms with Gasteiger partial charge >= 0.3 is 5.97 Å². The van der Waals surface area contributed by atoms with Gasteiger partial charge in [0.15, 0.2) is 0 Å². The molecule has 116 valence electrons. The number of hydrogen-bond donors (Lipinski definition) is 1. The molecule has 21 heavy (non-hydrogen) atoms. The standard InChI is InChI=1S/C17H25NO3/c1-17(16(19)21-3,18-12-14-4-5-14)11-10-13-6-8-15(20-2)9-7-13/h6-9,14,18H,4-5,10-12H2,1-3H3. The van der Waals surface area contributed by atoms with Gasteiger partial charge in [-0.05, 0) is 62.8 Å². The molecule has 0 spiro atoms. The van der Waals surface area contributed by atoms with Crippen LogP contribution in [0.1, 0.15) is 31.7 Å². The van der Waals surface area contributed by atoms with Crippen LogP contribution in [0.15, 0.2) is 24.3 Å². The molecule has 1 saturated carbocycles. The summed E-state index contributed by atoms with van der Waals surface area (Å²) in [5.74, 6) is 1.40. The Morgan fingerprint density at radius 3 is 2.48 bits per heavy atom. The van der Waals surface area contributed by atoms with Crippen LogP contribution in [0.25, 0.3) is 0 Å². The predicted molar refractivity (Wildman–Crippen MR) is 82.5 cm³/mol. The molecule has 0 aromatic heterocycles. The SMILES string of the molecule is COC(=O)C(C)(CCc1ccc(OC)cc1)NCC1CC1. The zero-order valence-electron chi connectivity index (χ0n) is 13.1. The number of methoxy groups -OCH3 is 2. The summed E-state index contributed by atoms with van der Waals surface area (Å²) in [5, 5.41) is 3.40. The first-order chi connectivity index (χ1) is 10.1. The number of rotatable bonds is 8. The van der Waals surface area contributed by atoms with Crippen molar-refractivity contribution in [3.63, 3.8) is 0 Å². The summed E-state index contributed by atoms with van der Waals surface area (Å²) >= 11 is 0. The quantitative estimate of drug-likeness (QED) is 0.748. The highest BCUT2D eigenvalue weighted by atomic mass is 16.5. The van der Waals surface area contributed by atoms with Gasteiger partial charge in [0, 0.05) is 0 Å². The largest absolute Gasteiger partial charge is 0.497 e. The number of carbonyl (C=O) groups is 1. The fourth-order valence-corrected chi connectivity index (χ4v) is 2.37. The third-order valence-electron chi connectivity index (χ3n) is 4.19. The molecule has 0 radical (unpaired) electrons. The molecule has 1 aliphatic rings. The number of benzene rings is 1.